The highest BCUT2D eigenvalue weighted by Crippen LogP contribution is 2.11. The van der Waals surface area contributed by atoms with Gasteiger partial charge in [-0.1, -0.05) is 0 Å². The first-order chi connectivity index (χ1) is 6.90. The van der Waals surface area contributed by atoms with Gasteiger partial charge in [0.1, 0.15) is 17.8 Å². The molecule has 3 N–H and O–H groups in total. The Morgan fingerprint density at radius 2 is 2.07 bits per heavy atom. The van der Waals surface area contributed by atoms with Crippen molar-refractivity contribution in [2.75, 3.05) is 5.43 Å². The molecule has 0 saturated heterocycles. The van der Waals surface area contributed by atoms with Crippen molar-refractivity contribution in [1.29, 1.82) is 0 Å². The lowest BCUT2D eigenvalue weighted by Gasteiger charge is -2.00. The van der Waals surface area contributed by atoms with Crippen LogP contribution < -0.4 is 11.3 Å². The standard InChI is InChI=1S/C8H8N6/c9-14-7-2-4-11-8(13-7)6-1-3-10-5-12-6/h1-5H,9H2,(H,11,13,14). The summed E-state index contributed by atoms with van der Waals surface area (Å²) in [6.45, 7) is 0. The molecule has 6 heteroatoms. The van der Waals surface area contributed by atoms with Crippen molar-refractivity contribution in [2.45, 2.75) is 0 Å². The van der Waals surface area contributed by atoms with Crippen LogP contribution in [0, 0.1) is 0 Å². The molecule has 0 aliphatic rings. The van der Waals surface area contributed by atoms with Gasteiger partial charge in [0.2, 0.25) is 0 Å². The number of aromatic nitrogens is 4. The second-order valence-electron chi connectivity index (χ2n) is 2.50. The Hall–Kier alpha value is -2.08. The first kappa shape index (κ1) is 8.52. The van der Waals surface area contributed by atoms with Crippen LogP contribution in [0.25, 0.3) is 11.5 Å². The molecule has 0 radical (unpaired) electrons. The van der Waals surface area contributed by atoms with Gasteiger partial charge < -0.3 is 5.43 Å². The van der Waals surface area contributed by atoms with E-state index in [1.165, 1.54) is 6.33 Å². The van der Waals surface area contributed by atoms with Crippen LogP contribution in [0.15, 0.2) is 30.9 Å². The number of hydrogen-bond donors (Lipinski definition) is 2. The zero-order valence-electron chi connectivity index (χ0n) is 7.25. The average Bonchev–Trinajstić information content (AvgIpc) is 2.30. The van der Waals surface area contributed by atoms with Crippen molar-refractivity contribution in [3.05, 3.63) is 30.9 Å². The normalized spacial score (nSPS) is 9.79. The van der Waals surface area contributed by atoms with Crippen LogP contribution in [0.3, 0.4) is 0 Å². The highest BCUT2D eigenvalue weighted by atomic mass is 15.3. The number of hydrogen-bond acceptors (Lipinski definition) is 6. The van der Waals surface area contributed by atoms with Gasteiger partial charge in [-0.2, -0.15) is 0 Å². The van der Waals surface area contributed by atoms with Crippen molar-refractivity contribution in [1.82, 2.24) is 19.9 Å². The van der Waals surface area contributed by atoms with Crippen LogP contribution in [0.5, 0.6) is 0 Å². The monoisotopic (exact) mass is 188 g/mol. The second-order valence-corrected chi connectivity index (χ2v) is 2.50. The number of hydrazine groups is 1. The predicted octanol–water partition coefficient (Wildman–Crippen LogP) is 0.219. The SMILES string of the molecule is NNc1ccnc(-c2ccncn2)n1. The summed E-state index contributed by atoms with van der Waals surface area (Å²) in [5.41, 5.74) is 3.11. The van der Waals surface area contributed by atoms with Gasteiger partial charge >= 0.3 is 0 Å². The van der Waals surface area contributed by atoms with Gasteiger partial charge in [-0.15, -0.1) is 0 Å². The molecule has 2 aromatic rings. The van der Waals surface area contributed by atoms with Crippen LogP contribution in [-0.4, -0.2) is 19.9 Å². The van der Waals surface area contributed by atoms with E-state index in [0.29, 0.717) is 17.3 Å². The predicted molar refractivity (Wildman–Crippen MR) is 50.9 cm³/mol. The fourth-order valence-corrected chi connectivity index (χ4v) is 0.985. The summed E-state index contributed by atoms with van der Waals surface area (Å²) in [4.78, 5) is 16.0. The highest BCUT2D eigenvalue weighted by molar-refractivity contribution is 5.50. The molecule has 0 bridgehead atoms. The van der Waals surface area contributed by atoms with Crippen LogP contribution in [-0.2, 0) is 0 Å². The summed E-state index contributed by atoms with van der Waals surface area (Å²) in [7, 11) is 0. The molecule has 0 atom stereocenters. The van der Waals surface area contributed by atoms with Crippen LogP contribution in [0.2, 0.25) is 0 Å². The molecule has 6 nitrogen and oxygen atoms in total. The molecule has 0 unspecified atom stereocenters. The summed E-state index contributed by atoms with van der Waals surface area (Å²) in [5, 5.41) is 0. The summed E-state index contributed by atoms with van der Waals surface area (Å²) < 4.78 is 0. The Balaban J connectivity index is 2.42. The molecule has 0 aromatic carbocycles. The molecule has 14 heavy (non-hydrogen) atoms. The molecule has 0 spiro atoms. The molecule has 2 aromatic heterocycles. The van der Waals surface area contributed by atoms with Crippen LogP contribution in [0.4, 0.5) is 5.82 Å². The van der Waals surface area contributed by atoms with E-state index < -0.39 is 0 Å². The lowest BCUT2D eigenvalue weighted by Crippen LogP contribution is -2.09. The van der Waals surface area contributed by atoms with Gasteiger partial charge in [-0.3, -0.25) is 0 Å². The van der Waals surface area contributed by atoms with E-state index in [9.17, 15) is 0 Å². The molecule has 2 rings (SSSR count). The van der Waals surface area contributed by atoms with Crippen LogP contribution >= 0.6 is 0 Å². The molecular weight excluding hydrogens is 180 g/mol. The molecule has 0 saturated carbocycles. The Kier molecular flexibility index (Phi) is 2.28. The van der Waals surface area contributed by atoms with E-state index in [0.717, 1.165) is 0 Å². The lowest BCUT2D eigenvalue weighted by molar-refractivity contribution is 1.09. The smallest absolute Gasteiger partial charge is 0.180 e. The summed E-state index contributed by atoms with van der Waals surface area (Å²) in [6.07, 6.45) is 4.69. The van der Waals surface area contributed by atoms with Gasteiger partial charge in [-0.05, 0) is 6.07 Å². The molecule has 0 aliphatic carbocycles. The molecule has 0 amide bonds. The van der Waals surface area contributed by atoms with E-state index in [1.54, 1.807) is 24.5 Å². The molecule has 70 valence electrons. The summed E-state index contributed by atoms with van der Waals surface area (Å²) >= 11 is 0. The maximum absolute atomic E-state index is 5.22. The van der Waals surface area contributed by atoms with E-state index in [1.807, 2.05) is 0 Å². The topological polar surface area (TPSA) is 89.6 Å². The zero-order valence-corrected chi connectivity index (χ0v) is 7.25. The maximum atomic E-state index is 5.22. The Morgan fingerprint density at radius 3 is 2.79 bits per heavy atom. The third-order valence-electron chi connectivity index (χ3n) is 1.61. The van der Waals surface area contributed by atoms with E-state index in [-0.39, 0.29) is 0 Å². The second kappa shape index (κ2) is 3.75. The van der Waals surface area contributed by atoms with Crippen molar-refractivity contribution in [2.24, 2.45) is 5.84 Å². The minimum absolute atomic E-state index is 0.517. The van der Waals surface area contributed by atoms with E-state index in [2.05, 4.69) is 25.4 Å². The van der Waals surface area contributed by atoms with Gasteiger partial charge in [0, 0.05) is 18.5 Å². The maximum Gasteiger partial charge on any atom is 0.180 e. The molecular formula is C8H8N6. The number of nitrogens with one attached hydrogen (secondary N) is 1. The fourth-order valence-electron chi connectivity index (χ4n) is 0.985. The first-order valence-electron chi connectivity index (χ1n) is 3.96. The summed E-state index contributed by atoms with van der Waals surface area (Å²) in [5.74, 6) is 6.29. The molecule has 0 aliphatic heterocycles. The number of nitrogens with zero attached hydrogens (tertiary/aromatic N) is 4. The van der Waals surface area contributed by atoms with Crippen LogP contribution in [0.1, 0.15) is 0 Å². The average molecular weight is 188 g/mol. The number of anilines is 1. The quantitative estimate of drug-likeness (QED) is 0.517. The third-order valence-corrected chi connectivity index (χ3v) is 1.61. The largest absolute Gasteiger partial charge is 0.308 e. The fraction of sp³-hybridized carbons (Fsp3) is 0. The molecule has 0 fully saturated rings. The molecule has 2 heterocycles. The van der Waals surface area contributed by atoms with Crippen molar-refractivity contribution in [3.8, 4) is 11.5 Å². The Labute approximate surface area is 80.2 Å². The van der Waals surface area contributed by atoms with Gasteiger partial charge in [0.25, 0.3) is 0 Å². The number of nitrogens with two attached hydrogens (primary N) is 1. The lowest BCUT2D eigenvalue weighted by atomic mass is 10.4. The third kappa shape index (κ3) is 1.64. The van der Waals surface area contributed by atoms with Gasteiger partial charge in [-0.25, -0.2) is 25.8 Å². The van der Waals surface area contributed by atoms with Gasteiger partial charge in [0.15, 0.2) is 5.82 Å². The minimum atomic E-state index is 0.517. The van der Waals surface area contributed by atoms with Crippen molar-refractivity contribution in [3.63, 3.8) is 0 Å². The Bertz CT molecular complexity index is 415. The summed E-state index contributed by atoms with van der Waals surface area (Å²) in [6, 6.07) is 3.40. The van der Waals surface area contributed by atoms with Gasteiger partial charge in [0.05, 0.1) is 0 Å². The van der Waals surface area contributed by atoms with E-state index >= 15 is 0 Å². The van der Waals surface area contributed by atoms with Crippen molar-refractivity contribution < 1.29 is 0 Å². The zero-order chi connectivity index (χ0) is 9.80. The van der Waals surface area contributed by atoms with Crippen molar-refractivity contribution >= 4 is 5.82 Å². The minimum Gasteiger partial charge on any atom is -0.308 e. The number of nitrogen functional groups attached to an aromatic ring is 1. The first-order valence-corrected chi connectivity index (χ1v) is 3.96. The Morgan fingerprint density at radius 1 is 1.14 bits per heavy atom. The number of rotatable bonds is 2. The highest BCUT2D eigenvalue weighted by Gasteiger charge is 2.01. The van der Waals surface area contributed by atoms with E-state index in [4.69, 9.17) is 5.84 Å².